The van der Waals surface area contributed by atoms with Gasteiger partial charge in [-0.1, -0.05) is 19.1 Å². The quantitative estimate of drug-likeness (QED) is 0.784. The van der Waals surface area contributed by atoms with Crippen LogP contribution in [-0.2, 0) is 14.8 Å². The van der Waals surface area contributed by atoms with Crippen LogP contribution in [0.4, 0.5) is 0 Å². The van der Waals surface area contributed by atoms with Crippen molar-refractivity contribution in [3.8, 4) is 0 Å². The van der Waals surface area contributed by atoms with Crippen molar-refractivity contribution in [3.05, 3.63) is 41.0 Å². The first kappa shape index (κ1) is 18.7. The van der Waals surface area contributed by atoms with E-state index in [1.807, 2.05) is 39.8 Å². The van der Waals surface area contributed by atoms with Crippen molar-refractivity contribution in [3.63, 3.8) is 0 Å². The highest BCUT2D eigenvalue weighted by atomic mass is 32.2. The highest BCUT2D eigenvalue weighted by Crippen LogP contribution is 2.21. The molecule has 6 heteroatoms. The first-order chi connectivity index (χ1) is 11.3. The molecule has 0 bridgehead atoms. The van der Waals surface area contributed by atoms with Crippen molar-refractivity contribution in [2.45, 2.75) is 39.0 Å². The SMILES string of the molecule is CC/C=C(/C)C(=O)N1CCN(S(=O)(=O)c2ccc(C)c(C)c2)CC1. The van der Waals surface area contributed by atoms with Gasteiger partial charge in [-0.15, -0.1) is 0 Å². The zero-order valence-electron chi connectivity index (χ0n) is 14.9. The smallest absolute Gasteiger partial charge is 0.249 e. The van der Waals surface area contributed by atoms with Crippen LogP contribution in [0, 0.1) is 13.8 Å². The maximum absolute atomic E-state index is 12.8. The van der Waals surface area contributed by atoms with Gasteiger partial charge in [-0.2, -0.15) is 4.31 Å². The van der Waals surface area contributed by atoms with Gasteiger partial charge in [0, 0.05) is 31.8 Å². The maximum atomic E-state index is 12.8. The Morgan fingerprint density at radius 2 is 1.75 bits per heavy atom. The molecule has 0 aliphatic carbocycles. The molecule has 24 heavy (non-hydrogen) atoms. The van der Waals surface area contributed by atoms with E-state index in [0.717, 1.165) is 23.1 Å². The van der Waals surface area contributed by atoms with Crippen molar-refractivity contribution in [2.75, 3.05) is 26.2 Å². The van der Waals surface area contributed by atoms with E-state index in [-0.39, 0.29) is 5.91 Å². The number of carbonyl (C=O) groups is 1. The van der Waals surface area contributed by atoms with E-state index < -0.39 is 10.0 Å². The van der Waals surface area contributed by atoms with Crippen LogP contribution in [0.25, 0.3) is 0 Å². The van der Waals surface area contributed by atoms with Gasteiger partial charge in [-0.3, -0.25) is 4.79 Å². The monoisotopic (exact) mass is 350 g/mol. The number of amides is 1. The largest absolute Gasteiger partial charge is 0.336 e. The van der Waals surface area contributed by atoms with Crippen LogP contribution in [0.5, 0.6) is 0 Å². The number of aryl methyl sites for hydroxylation is 2. The molecule has 0 saturated carbocycles. The lowest BCUT2D eigenvalue weighted by molar-refractivity contribution is -0.128. The number of benzene rings is 1. The lowest BCUT2D eigenvalue weighted by Gasteiger charge is -2.34. The third-order valence-electron chi connectivity index (χ3n) is 4.49. The average Bonchev–Trinajstić information content (AvgIpc) is 2.57. The molecule has 2 rings (SSSR count). The van der Waals surface area contributed by atoms with Gasteiger partial charge in [0.2, 0.25) is 15.9 Å². The molecule has 0 unspecified atom stereocenters. The molecule has 0 radical (unpaired) electrons. The minimum absolute atomic E-state index is 0.0000725. The van der Waals surface area contributed by atoms with Gasteiger partial charge < -0.3 is 4.90 Å². The normalized spacial score (nSPS) is 17.2. The molecule has 1 saturated heterocycles. The van der Waals surface area contributed by atoms with Crippen molar-refractivity contribution in [1.29, 1.82) is 0 Å². The molecule has 1 aromatic carbocycles. The fraction of sp³-hybridized carbons (Fsp3) is 0.500. The van der Waals surface area contributed by atoms with Gasteiger partial charge in [0.15, 0.2) is 0 Å². The van der Waals surface area contributed by atoms with Gasteiger partial charge in [0.25, 0.3) is 0 Å². The topological polar surface area (TPSA) is 57.7 Å². The first-order valence-corrected chi connectivity index (χ1v) is 9.74. The second-order valence-corrected chi connectivity index (χ2v) is 8.18. The molecular weight excluding hydrogens is 324 g/mol. The molecule has 1 aromatic rings. The number of carbonyl (C=O) groups excluding carboxylic acids is 1. The summed E-state index contributed by atoms with van der Waals surface area (Å²) in [6, 6.07) is 5.21. The van der Waals surface area contributed by atoms with E-state index in [4.69, 9.17) is 0 Å². The Kier molecular flexibility index (Phi) is 5.83. The van der Waals surface area contributed by atoms with Crippen LogP contribution in [0.1, 0.15) is 31.4 Å². The summed E-state index contributed by atoms with van der Waals surface area (Å²) in [5.41, 5.74) is 2.76. The van der Waals surface area contributed by atoms with Crippen LogP contribution in [0.15, 0.2) is 34.7 Å². The summed E-state index contributed by atoms with van der Waals surface area (Å²) >= 11 is 0. The van der Waals surface area contributed by atoms with Crippen LogP contribution >= 0.6 is 0 Å². The Morgan fingerprint density at radius 1 is 1.12 bits per heavy atom. The lowest BCUT2D eigenvalue weighted by Crippen LogP contribution is -2.50. The third-order valence-corrected chi connectivity index (χ3v) is 6.38. The number of hydrogen-bond donors (Lipinski definition) is 0. The van der Waals surface area contributed by atoms with Gasteiger partial charge in [-0.25, -0.2) is 8.42 Å². The Bertz CT molecular complexity index is 746. The van der Waals surface area contributed by atoms with Gasteiger partial charge in [0.05, 0.1) is 4.90 Å². The van der Waals surface area contributed by atoms with E-state index in [9.17, 15) is 13.2 Å². The third kappa shape index (κ3) is 3.87. The van der Waals surface area contributed by atoms with E-state index >= 15 is 0 Å². The molecule has 0 spiro atoms. The minimum atomic E-state index is -3.50. The minimum Gasteiger partial charge on any atom is -0.336 e. The summed E-state index contributed by atoms with van der Waals surface area (Å²) in [5.74, 6) is 0.0000725. The summed E-state index contributed by atoms with van der Waals surface area (Å²) in [7, 11) is -3.50. The van der Waals surface area contributed by atoms with Gasteiger partial charge in [-0.05, 0) is 50.5 Å². The van der Waals surface area contributed by atoms with Crippen LogP contribution in [0.2, 0.25) is 0 Å². The van der Waals surface area contributed by atoms with E-state index in [2.05, 4.69) is 0 Å². The number of sulfonamides is 1. The Hall–Kier alpha value is -1.66. The molecule has 1 aliphatic heterocycles. The number of piperazine rings is 1. The van der Waals surface area contributed by atoms with Crippen LogP contribution in [0.3, 0.4) is 0 Å². The van der Waals surface area contributed by atoms with E-state index in [0.29, 0.717) is 31.1 Å². The molecule has 0 aromatic heterocycles. The maximum Gasteiger partial charge on any atom is 0.249 e. The standard InChI is InChI=1S/C18H26N2O3S/c1-5-6-15(3)18(21)19-9-11-20(12-10-19)24(22,23)17-8-7-14(2)16(4)13-17/h6-8,13H,5,9-12H2,1-4H3/b15-6-. The molecular formula is C18H26N2O3S. The number of allylic oxidation sites excluding steroid dienone is 1. The van der Waals surface area contributed by atoms with E-state index in [1.165, 1.54) is 4.31 Å². The van der Waals surface area contributed by atoms with Crippen LogP contribution < -0.4 is 0 Å². The highest BCUT2D eigenvalue weighted by Gasteiger charge is 2.30. The second kappa shape index (κ2) is 7.49. The molecule has 0 atom stereocenters. The molecule has 1 heterocycles. The molecule has 1 amide bonds. The average molecular weight is 350 g/mol. The molecule has 5 nitrogen and oxygen atoms in total. The van der Waals surface area contributed by atoms with Gasteiger partial charge >= 0.3 is 0 Å². The number of hydrogen-bond acceptors (Lipinski definition) is 3. The summed E-state index contributed by atoms with van der Waals surface area (Å²) in [4.78, 5) is 14.3. The lowest BCUT2D eigenvalue weighted by atomic mass is 10.1. The second-order valence-electron chi connectivity index (χ2n) is 6.24. The number of rotatable bonds is 4. The molecule has 132 valence electrons. The van der Waals surface area contributed by atoms with Crippen molar-refractivity contribution in [2.24, 2.45) is 0 Å². The summed E-state index contributed by atoms with van der Waals surface area (Å²) in [6.45, 7) is 9.20. The fourth-order valence-corrected chi connectivity index (χ4v) is 4.31. The van der Waals surface area contributed by atoms with Crippen molar-refractivity contribution in [1.82, 2.24) is 9.21 Å². The summed E-state index contributed by atoms with van der Waals surface area (Å²) < 4.78 is 27.0. The predicted molar refractivity (Wildman–Crippen MR) is 95.3 cm³/mol. The van der Waals surface area contributed by atoms with E-state index in [1.54, 1.807) is 17.0 Å². The molecule has 1 aliphatic rings. The summed E-state index contributed by atoms with van der Waals surface area (Å²) in [5, 5.41) is 0. The first-order valence-electron chi connectivity index (χ1n) is 8.30. The molecule has 0 N–H and O–H groups in total. The zero-order valence-corrected chi connectivity index (χ0v) is 15.7. The predicted octanol–water partition coefficient (Wildman–Crippen LogP) is 2.49. The Labute approximate surface area is 145 Å². The highest BCUT2D eigenvalue weighted by molar-refractivity contribution is 7.89. The fourth-order valence-electron chi connectivity index (χ4n) is 2.80. The van der Waals surface area contributed by atoms with Crippen LogP contribution in [-0.4, -0.2) is 49.7 Å². The Morgan fingerprint density at radius 3 is 2.29 bits per heavy atom. The molecule has 1 fully saturated rings. The summed E-state index contributed by atoms with van der Waals surface area (Å²) in [6.07, 6.45) is 2.72. The number of nitrogens with zero attached hydrogens (tertiary/aromatic N) is 2. The van der Waals surface area contributed by atoms with Crippen molar-refractivity contribution >= 4 is 15.9 Å². The van der Waals surface area contributed by atoms with Gasteiger partial charge in [0.1, 0.15) is 0 Å². The zero-order chi connectivity index (χ0) is 17.9. The Balaban J connectivity index is 2.09. The van der Waals surface area contributed by atoms with Crippen molar-refractivity contribution < 1.29 is 13.2 Å².